The zero-order valence-corrected chi connectivity index (χ0v) is 12.4. The van der Waals surface area contributed by atoms with E-state index in [1.807, 2.05) is 12.1 Å². The molecule has 1 aromatic rings. The molecule has 2 heteroatoms. The van der Waals surface area contributed by atoms with E-state index < -0.39 is 0 Å². The summed E-state index contributed by atoms with van der Waals surface area (Å²) in [5.41, 5.74) is 1.23. The summed E-state index contributed by atoms with van der Waals surface area (Å²) in [7, 11) is 0. The van der Waals surface area contributed by atoms with Gasteiger partial charge < -0.3 is 10.1 Å². The minimum Gasteiger partial charge on any atom is -0.489 e. The average molecular weight is 273 g/mol. The molecule has 2 rings (SSSR count). The summed E-state index contributed by atoms with van der Waals surface area (Å²) in [6.45, 7) is 6.25. The van der Waals surface area contributed by atoms with Gasteiger partial charge in [0.25, 0.3) is 0 Å². The molecule has 20 heavy (non-hydrogen) atoms. The Morgan fingerprint density at radius 2 is 2.05 bits per heavy atom. The summed E-state index contributed by atoms with van der Waals surface area (Å²) in [6, 6.07) is 8.24. The lowest BCUT2D eigenvalue weighted by molar-refractivity contribution is 0.357. The molecule has 0 saturated heterocycles. The van der Waals surface area contributed by atoms with Gasteiger partial charge in [0.1, 0.15) is 12.4 Å². The van der Waals surface area contributed by atoms with Crippen LogP contribution in [0.1, 0.15) is 44.1 Å². The highest BCUT2D eigenvalue weighted by Crippen LogP contribution is 2.28. The van der Waals surface area contributed by atoms with Crippen LogP contribution >= 0.6 is 0 Å². The first-order valence-electron chi connectivity index (χ1n) is 7.92. The van der Waals surface area contributed by atoms with E-state index in [9.17, 15) is 0 Å². The monoisotopic (exact) mass is 273 g/mol. The molecule has 0 amide bonds. The van der Waals surface area contributed by atoms with Gasteiger partial charge in [0.15, 0.2) is 0 Å². The predicted molar refractivity (Wildman–Crippen MR) is 85.0 cm³/mol. The SMILES string of the molecule is C=CCOc1ccccc1CNCCCC1CCCC1. The molecular weight excluding hydrogens is 246 g/mol. The van der Waals surface area contributed by atoms with E-state index in [2.05, 4.69) is 24.0 Å². The summed E-state index contributed by atoms with van der Waals surface area (Å²) in [5, 5.41) is 3.54. The normalized spacial score (nSPS) is 15.4. The van der Waals surface area contributed by atoms with Crippen LogP contribution in [0.3, 0.4) is 0 Å². The summed E-state index contributed by atoms with van der Waals surface area (Å²) >= 11 is 0. The third kappa shape index (κ3) is 5.01. The molecule has 0 unspecified atom stereocenters. The summed E-state index contributed by atoms with van der Waals surface area (Å²) in [4.78, 5) is 0. The first-order valence-corrected chi connectivity index (χ1v) is 7.92. The number of para-hydroxylation sites is 1. The minimum atomic E-state index is 0.568. The summed E-state index contributed by atoms with van der Waals surface area (Å²) < 4.78 is 5.67. The lowest BCUT2D eigenvalue weighted by Crippen LogP contribution is -2.16. The molecular formula is C18H27NO. The van der Waals surface area contributed by atoms with Crippen LogP contribution < -0.4 is 10.1 Å². The zero-order valence-electron chi connectivity index (χ0n) is 12.4. The molecule has 1 aliphatic carbocycles. The van der Waals surface area contributed by atoms with E-state index in [0.717, 1.165) is 24.8 Å². The maximum Gasteiger partial charge on any atom is 0.124 e. The molecule has 110 valence electrons. The van der Waals surface area contributed by atoms with Crippen LogP contribution in [-0.2, 0) is 6.54 Å². The Hall–Kier alpha value is -1.28. The molecule has 1 fully saturated rings. The van der Waals surface area contributed by atoms with Crippen LogP contribution in [0.4, 0.5) is 0 Å². The largest absolute Gasteiger partial charge is 0.489 e. The van der Waals surface area contributed by atoms with E-state index in [4.69, 9.17) is 4.74 Å². The van der Waals surface area contributed by atoms with E-state index in [1.54, 1.807) is 6.08 Å². The molecule has 0 aromatic heterocycles. The van der Waals surface area contributed by atoms with Gasteiger partial charge in [-0.3, -0.25) is 0 Å². The van der Waals surface area contributed by atoms with Gasteiger partial charge in [-0.15, -0.1) is 0 Å². The molecule has 0 heterocycles. The highest BCUT2D eigenvalue weighted by Gasteiger charge is 2.13. The number of hydrogen-bond acceptors (Lipinski definition) is 2. The van der Waals surface area contributed by atoms with Crippen molar-refractivity contribution in [2.45, 2.75) is 45.1 Å². The Morgan fingerprint density at radius 3 is 2.85 bits per heavy atom. The Morgan fingerprint density at radius 1 is 1.25 bits per heavy atom. The molecule has 1 saturated carbocycles. The van der Waals surface area contributed by atoms with Crippen molar-refractivity contribution in [3.8, 4) is 5.75 Å². The first-order chi connectivity index (χ1) is 9.90. The standard InChI is InChI=1S/C18H27NO/c1-2-14-20-18-12-6-5-11-17(18)15-19-13-7-10-16-8-3-4-9-16/h2,5-6,11-12,16,19H,1,3-4,7-10,13-15H2. The quantitative estimate of drug-likeness (QED) is 0.534. The van der Waals surface area contributed by atoms with Gasteiger partial charge in [0.05, 0.1) is 0 Å². The number of rotatable bonds is 9. The maximum atomic E-state index is 5.67. The van der Waals surface area contributed by atoms with Crippen molar-refractivity contribution in [2.24, 2.45) is 5.92 Å². The second kappa shape index (κ2) is 8.80. The average Bonchev–Trinajstić information content (AvgIpc) is 2.99. The minimum absolute atomic E-state index is 0.568. The van der Waals surface area contributed by atoms with E-state index >= 15 is 0 Å². The van der Waals surface area contributed by atoms with E-state index in [-0.39, 0.29) is 0 Å². The van der Waals surface area contributed by atoms with Crippen LogP contribution in [0.5, 0.6) is 5.75 Å². The second-order valence-corrected chi connectivity index (χ2v) is 5.68. The zero-order chi connectivity index (χ0) is 14.0. The van der Waals surface area contributed by atoms with Crippen LogP contribution in [0, 0.1) is 5.92 Å². The third-order valence-corrected chi connectivity index (χ3v) is 4.09. The van der Waals surface area contributed by atoms with Gasteiger partial charge in [-0.05, 0) is 31.4 Å². The fourth-order valence-corrected chi connectivity index (χ4v) is 2.98. The van der Waals surface area contributed by atoms with Crippen LogP contribution in [0.25, 0.3) is 0 Å². The lowest BCUT2D eigenvalue weighted by atomic mass is 10.0. The van der Waals surface area contributed by atoms with Crippen molar-refractivity contribution in [1.29, 1.82) is 0 Å². The van der Waals surface area contributed by atoms with Crippen LogP contribution in [-0.4, -0.2) is 13.2 Å². The van der Waals surface area contributed by atoms with Crippen molar-refractivity contribution in [1.82, 2.24) is 5.32 Å². The molecule has 0 radical (unpaired) electrons. The molecule has 0 spiro atoms. The predicted octanol–water partition coefficient (Wildman–Crippen LogP) is 4.31. The van der Waals surface area contributed by atoms with Gasteiger partial charge >= 0.3 is 0 Å². The highest BCUT2D eigenvalue weighted by atomic mass is 16.5. The van der Waals surface area contributed by atoms with Crippen molar-refractivity contribution >= 4 is 0 Å². The number of hydrogen-bond donors (Lipinski definition) is 1. The summed E-state index contributed by atoms with van der Waals surface area (Å²) in [5.74, 6) is 1.97. The Bertz CT molecular complexity index is 396. The lowest BCUT2D eigenvalue weighted by Gasteiger charge is -2.12. The Balaban J connectivity index is 1.66. The highest BCUT2D eigenvalue weighted by molar-refractivity contribution is 5.33. The van der Waals surface area contributed by atoms with Crippen molar-refractivity contribution < 1.29 is 4.74 Å². The molecule has 1 aliphatic rings. The number of benzene rings is 1. The second-order valence-electron chi connectivity index (χ2n) is 5.68. The number of nitrogens with one attached hydrogen (secondary N) is 1. The first kappa shape index (κ1) is 15.1. The molecule has 2 nitrogen and oxygen atoms in total. The fraction of sp³-hybridized carbons (Fsp3) is 0.556. The van der Waals surface area contributed by atoms with Gasteiger partial charge in [0.2, 0.25) is 0 Å². The number of ether oxygens (including phenoxy) is 1. The Labute approximate surface area is 123 Å². The van der Waals surface area contributed by atoms with Gasteiger partial charge in [-0.1, -0.05) is 56.5 Å². The smallest absolute Gasteiger partial charge is 0.124 e. The van der Waals surface area contributed by atoms with Crippen molar-refractivity contribution in [2.75, 3.05) is 13.2 Å². The van der Waals surface area contributed by atoms with Crippen molar-refractivity contribution in [3.63, 3.8) is 0 Å². The Kier molecular flexibility index (Phi) is 6.65. The topological polar surface area (TPSA) is 21.3 Å². The van der Waals surface area contributed by atoms with E-state index in [0.29, 0.717) is 6.61 Å². The van der Waals surface area contributed by atoms with Crippen LogP contribution in [0.15, 0.2) is 36.9 Å². The maximum absolute atomic E-state index is 5.67. The van der Waals surface area contributed by atoms with Gasteiger partial charge in [-0.25, -0.2) is 0 Å². The van der Waals surface area contributed by atoms with Crippen LogP contribution in [0.2, 0.25) is 0 Å². The van der Waals surface area contributed by atoms with Gasteiger partial charge in [0, 0.05) is 12.1 Å². The molecule has 1 N–H and O–H groups in total. The fourth-order valence-electron chi connectivity index (χ4n) is 2.98. The molecule has 0 bridgehead atoms. The molecule has 0 aliphatic heterocycles. The van der Waals surface area contributed by atoms with Gasteiger partial charge in [-0.2, -0.15) is 0 Å². The van der Waals surface area contributed by atoms with E-state index in [1.165, 1.54) is 44.1 Å². The summed E-state index contributed by atoms with van der Waals surface area (Å²) in [6.07, 6.45) is 10.3. The molecule has 1 aromatic carbocycles. The van der Waals surface area contributed by atoms with Crippen molar-refractivity contribution in [3.05, 3.63) is 42.5 Å². The molecule has 0 atom stereocenters. The third-order valence-electron chi connectivity index (χ3n) is 4.09.